The highest BCUT2D eigenvalue weighted by atomic mass is 35.5. The first-order valence-corrected chi connectivity index (χ1v) is 7.88. The first-order valence-electron chi connectivity index (χ1n) is 6.69. The minimum Gasteiger partial charge on any atom is -0.274 e. The van der Waals surface area contributed by atoms with Gasteiger partial charge in [0.2, 0.25) is 0 Å². The van der Waals surface area contributed by atoms with Gasteiger partial charge in [-0.3, -0.25) is 4.79 Å². The summed E-state index contributed by atoms with van der Waals surface area (Å²) in [5.41, 5.74) is 2.70. The van der Waals surface area contributed by atoms with Gasteiger partial charge in [0, 0.05) is 15.0 Å². The summed E-state index contributed by atoms with van der Waals surface area (Å²) in [5, 5.41) is 8.62. The van der Waals surface area contributed by atoms with E-state index in [0.29, 0.717) is 0 Å². The minimum absolute atomic E-state index is 0.220. The molecule has 0 unspecified atom stereocenters. The first-order chi connectivity index (χ1) is 10.8. The molecular weight excluding hydrogens is 316 g/mol. The highest BCUT2D eigenvalue weighted by Gasteiger charge is 2.25. The topological polar surface area (TPSA) is 42.9 Å². The lowest BCUT2D eigenvalue weighted by Crippen LogP contribution is -1.93. The molecule has 3 nitrogen and oxygen atoms in total. The van der Waals surface area contributed by atoms with Gasteiger partial charge in [-0.1, -0.05) is 48.5 Å². The van der Waals surface area contributed by atoms with Crippen molar-refractivity contribution in [2.45, 2.75) is 0 Å². The molecule has 2 aromatic carbocycles. The zero-order chi connectivity index (χ0) is 15.1. The molecule has 5 heteroatoms. The fourth-order valence-corrected chi connectivity index (χ4v) is 3.88. The van der Waals surface area contributed by atoms with E-state index < -0.39 is 5.24 Å². The Morgan fingerprint density at radius 2 is 1.68 bits per heavy atom. The summed E-state index contributed by atoms with van der Waals surface area (Å²) in [4.78, 5) is 12.7. The molecule has 0 fully saturated rings. The monoisotopic (exact) mass is 324 g/mol. The number of halogens is 1. The smallest absolute Gasteiger partial charge is 0.273 e. The Morgan fingerprint density at radius 3 is 2.45 bits per heavy atom. The van der Waals surface area contributed by atoms with Crippen LogP contribution in [-0.4, -0.2) is 15.4 Å². The fraction of sp³-hybridized carbons (Fsp3) is 0. The van der Waals surface area contributed by atoms with E-state index in [4.69, 9.17) is 11.6 Å². The van der Waals surface area contributed by atoms with Crippen LogP contribution in [-0.2, 0) is 0 Å². The molecule has 2 heterocycles. The van der Waals surface area contributed by atoms with Gasteiger partial charge in [-0.05, 0) is 23.2 Å². The molecule has 0 bridgehead atoms. The van der Waals surface area contributed by atoms with Crippen LogP contribution in [0.2, 0.25) is 0 Å². The third kappa shape index (κ3) is 2.00. The zero-order valence-electron chi connectivity index (χ0n) is 11.3. The summed E-state index contributed by atoms with van der Waals surface area (Å²) < 4.78 is 1.10. The lowest BCUT2D eigenvalue weighted by Gasteiger charge is -2.10. The number of hydrogen-bond donors (Lipinski definition) is 0. The van der Waals surface area contributed by atoms with Gasteiger partial charge in [-0.15, -0.1) is 21.5 Å². The van der Waals surface area contributed by atoms with Crippen LogP contribution in [0.4, 0.5) is 0 Å². The molecule has 0 aromatic heterocycles. The van der Waals surface area contributed by atoms with Crippen molar-refractivity contribution in [1.82, 2.24) is 10.2 Å². The van der Waals surface area contributed by atoms with E-state index in [1.807, 2.05) is 54.6 Å². The van der Waals surface area contributed by atoms with E-state index in [1.165, 1.54) is 0 Å². The van der Waals surface area contributed by atoms with Crippen LogP contribution in [0.5, 0.6) is 0 Å². The molecule has 0 saturated heterocycles. The van der Waals surface area contributed by atoms with E-state index in [0.717, 1.165) is 31.8 Å². The van der Waals surface area contributed by atoms with Gasteiger partial charge in [0.05, 0.1) is 5.56 Å². The van der Waals surface area contributed by atoms with Crippen LogP contribution in [0.25, 0.3) is 31.8 Å². The number of benzene rings is 2. The Kier molecular flexibility index (Phi) is 3.13. The Labute approximate surface area is 135 Å². The molecule has 0 amide bonds. The van der Waals surface area contributed by atoms with Crippen molar-refractivity contribution in [1.29, 1.82) is 0 Å². The van der Waals surface area contributed by atoms with E-state index in [1.54, 1.807) is 11.3 Å². The van der Waals surface area contributed by atoms with Crippen LogP contribution < -0.4 is 0 Å². The second kappa shape index (κ2) is 5.16. The number of fused-ring (bicyclic) bond motifs is 3. The molecule has 2 aliphatic heterocycles. The molecule has 0 aliphatic carbocycles. The largest absolute Gasteiger partial charge is 0.274 e. The van der Waals surface area contributed by atoms with Crippen LogP contribution in [0, 0.1) is 0 Å². The molecule has 4 rings (SSSR count). The average Bonchev–Trinajstić information content (AvgIpc) is 3.00. The fourth-order valence-electron chi connectivity index (χ4n) is 2.56. The van der Waals surface area contributed by atoms with Crippen molar-refractivity contribution >= 4 is 38.3 Å². The van der Waals surface area contributed by atoms with Crippen molar-refractivity contribution in [2.75, 3.05) is 0 Å². The van der Waals surface area contributed by atoms with E-state index >= 15 is 0 Å². The molecule has 22 heavy (non-hydrogen) atoms. The lowest BCUT2D eigenvalue weighted by atomic mass is 10.0. The lowest BCUT2D eigenvalue weighted by molar-refractivity contribution is 0.107. The highest BCUT2D eigenvalue weighted by Crippen LogP contribution is 2.44. The summed E-state index contributed by atoms with van der Waals surface area (Å²) in [7, 11) is 0. The van der Waals surface area contributed by atoms with Gasteiger partial charge < -0.3 is 0 Å². The molecule has 0 radical (unpaired) electrons. The normalized spacial score (nSPS) is 11.1. The van der Waals surface area contributed by atoms with Gasteiger partial charge >= 0.3 is 0 Å². The van der Waals surface area contributed by atoms with Crippen LogP contribution >= 0.6 is 22.9 Å². The van der Waals surface area contributed by atoms with Crippen LogP contribution in [0.1, 0.15) is 10.5 Å². The molecule has 0 spiro atoms. The molecule has 2 aromatic rings. The van der Waals surface area contributed by atoms with Crippen molar-refractivity contribution in [3.63, 3.8) is 0 Å². The van der Waals surface area contributed by atoms with Crippen molar-refractivity contribution in [3.8, 4) is 21.7 Å². The van der Waals surface area contributed by atoms with Crippen LogP contribution in [0.3, 0.4) is 0 Å². The molecular formula is C17H9ClN2OS. The number of nitrogens with zero attached hydrogens (tertiary/aromatic N) is 2. The van der Waals surface area contributed by atoms with Crippen molar-refractivity contribution < 1.29 is 4.79 Å². The van der Waals surface area contributed by atoms with Gasteiger partial charge in [0.25, 0.3) is 5.24 Å². The second-order valence-corrected chi connectivity index (χ2v) is 6.23. The summed E-state index contributed by atoms with van der Waals surface area (Å²) in [6.45, 7) is 0. The predicted octanol–water partition coefficient (Wildman–Crippen LogP) is 4.84. The number of carbonyl (C=O) groups is 1. The molecule has 0 saturated carbocycles. The molecule has 106 valence electrons. The molecule has 2 aliphatic rings. The summed E-state index contributed by atoms with van der Waals surface area (Å²) in [6, 6.07) is 17.9. The Hall–Kier alpha value is -2.30. The maximum Gasteiger partial charge on any atom is 0.273 e. The van der Waals surface area contributed by atoms with E-state index in [2.05, 4.69) is 10.2 Å². The van der Waals surface area contributed by atoms with Crippen molar-refractivity contribution in [2.24, 2.45) is 0 Å². The van der Waals surface area contributed by atoms with Gasteiger partial charge in [-0.25, -0.2) is 0 Å². The minimum atomic E-state index is -0.581. The summed E-state index contributed by atoms with van der Waals surface area (Å²) >= 11 is 7.31. The standard InChI is InChI=1S/C17H9ClN2OS/c18-17(21)15-13-14(19-20-15)11-8-4-5-9-12(11)22-16(13)10-6-2-1-3-7-10/h1-9H. The van der Waals surface area contributed by atoms with Crippen LogP contribution in [0.15, 0.2) is 54.6 Å². The predicted molar refractivity (Wildman–Crippen MR) is 89.7 cm³/mol. The van der Waals surface area contributed by atoms with Gasteiger partial charge in [0.15, 0.2) is 5.69 Å². The average molecular weight is 325 g/mol. The summed E-state index contributed by atoms with van der Waals surface area (Å²) in [5.74, 6) is 0. The van der Waals surface area contributed by atoms with Crippen molar-refractivity contribution in [3.05, 3.63) is 60.3 Å². The zero-order valence-corrected chi connectivity index (χ0v) is 12.9. The molecule has 0 atom stereocenters. The number of carbonyl (C=O) groups excluding carboxylic acids is 1. The second-order valence-electron chi connectivity index (χ2n) is 4.84. The summed E-state index contributed by atoms with van der Waals surface area (Å²) in [6.07, 6.45) is 0. The Bertz CT molecular complexity index is 965. The number of aromatic nitrogens is 2. The third-order valence-corrected chi connectivity index (χ3v) is 4.93. The highest BCUT2D eigenvalue weighted by molar-refractivity contribution is 7.22. The van der Waals surface area contributed by atoms with Gasteiger partial charge in [0.1, 0.15) is 5.69 Å². The first kappa shape index (κ1) is 13.4. The quantitative estimate of drug-likeness (QED) is 0.495. The molecule has 0 N–H and O–H groups in total. The Balaban J connectivity index is 2.16. The number of rotatable bonds is 2. The van der Waals surface area contributed by atoms with E-state index in [9.17, 15) is 4.79 Å². The number of hydrogen-bond acceptors (Lipinski definition) is 4. The maximum atomic E-state index is 11.7. The Morgan fingerprint density at radius 1 is 0.955 bits per heavy atom. The van der Waals surface area contributed by atoms with Gasteiger partial charge in [-0.2, -0.15) is 0 Å². The maximum absolute atomic E-state index is 11.7. The third-order valence-electron chi connectivity index (χ3n) is 3.53. The SMILES string of the molecule is O=C(Cl)c1nnc2c3ccccc3sc(-c3ccccc3)c1-2. The van der Waals surface area contributed by atoms with E-state index in [-0.39, 0.29) is 5.69 Å².